The van der Waals surface area contributed by atoms with E-state index in [1.54, 1.807) is 18.3 Å². The molecule has 0 amide bonds. The van der Waals surface area contributed by atoms with Gasteiger partial charge in [-0.2, -0.15) is 4.98 Å². The van der Waals surface area contributed by atoms with Gasteiger partial charge in [-0.05, 0) is 54.3 Å². The second-order valence-electron chi connectivity index (χ2n) is 7.87. The molecular weight excluding hydrogens is 459 g/mol. The predicted molar refractivity (Wildman–Crippen MR) is 131 cm³/mol. The molecule has 0 bridgehead atoms. The fraction of sp³-hybridized carbons (Fsp3) is 0.240. The van der Waals surface area contributed by atoms with Crippen LogP contribution in [0.4, 0.5) is 21.8 Å². The molecule has 0 aliphatic carbocycles. The number of benzene rings is 2. The Labute approximate surface area is 201 Å². The Morgan fingerprint density at radius 2 is 2.18 bits per heavy atom. The van der Waals surface area contributed by atoms with Gasteiger partial charge < -0.3 is 20.5 Å². The number of aliphatic carboxylic acids is 1. The first-order valence-corrected chi connectivity index (χ1v) is 11.3. The first kappa shape index (κ1) is 23.7. The van der Waals surface area contributed by atoms with Crippen molar-refractivity contribution < 1.29 is 19.0 Å². The summed E-state index contributed by atoms with van der Waals surface area (Å²) in [5.41, 5.74) is 3.26. The third-order valence-corrected chi connectivity index (χ3v) is 5.72. The van der Waals surface area contributed by atoms with Crippen molar-refractivity contribution in [2.24, 2.45) is 0 Å². The standard InChI is InChI=1S/C25H24ClFN4O3/c1-2-16(24(32)33)10-15-4-3-5-17(11-15)20-13-28-25(30-18-6-7-22(27)21(26)12-18)31-23(20)29-19-8-9-34-14-19/h3-7,10-13,19H,2,8-9,14H2,1H3,(H,32,33)(H2,28,29,30,31). The molecule has 1 fully saturated rings. The average molecular weight is 483 g/mol. The molecule has 34 heavy (non-hydrogen) atoms. The number of halogens is 2. The van der Waals surface area contributed by atoms with Gasteiger partial charge in [0.05, 0.1) is 17.7 Å². The van der Waals surface area contributed by atoms with Crippen LogP contribution in [-0.2, 0) is 9.53 Å². The molecule has 1 atom stereocenters. The summed E-state index contributed by atoms with van der Waals surface area (Å²) >= 11 is 5.89. The molecule has 1 saturated heterocycles. The Bertz CT molecular complexity index is 1230. The van der Waals surface area contributed by atoms with E-state index in [9.17, 15) is 14.3 Å². The molecule has 3 aromatic rings. The summed E-state index contributed by atoms with van der Waals surface area (Å²) in [5, 5.41) is 15.8. The van der Waals surface area contributed by atoms with E-state index in [0.29, 0.717) is 42.7 Å². The first-order chi connectivity index (χ1) is 16.4. The molecule has 176 valence electrons. The van der Waals surface area contributed by atoms with Crippen LogP contribution in [0.5, 0.6) is 0 Å². The van der Waals surface area contributed by atoms with Gasteiger partial charge in [-0.1, -0.05) is 36.7 Å². The largest absolute Gasteiger partial charge is 0.478 e. The van der Waals surface area contributed by atoms with Crippen molar-refractivity contribution >= 4 is 41.1 Å². The van der Waals surface area contributed by atoms with Crippen molar-refractivity contribution in [2.45, 2.75) is 25.8 Å². The molecule has 2 heterocycles. The van der Waals surface area contributed by atoms with Crippen molar-refractivity contribution in [3.63, 3.8) is 0 Å². The van der Waals surface area contributed by atoms with Crippen LogP contribution < -0.4 is 10.6 Å². The van der Waals surface area contributed by atoms with Gasteiger partial charge in [-0.15, -0.1) is 0 Å². The fourth-order valence-corrected chi connectivity index (χ4v) is 3.80. The normalized spacial score (nSPS) is 15.9. The molecule has 3 N–H and O–H groups in total. The molecule has 7 nitrogen and oxygen atoms in total. The monoisotopic (exact) mass is 482 g/mol. The van der Waals surface area contributed by atoms with Crippen molar-refractivity contribution in [1.29, 1.82) is 0 Å². The lowest BCUT2D eigenvalue weighted by atomic mass is 10.0. The van der Waals surface area contributed by atoms with E-state index in [2.05, 4.69) is 20.6 Å². The molecule has 2 aromatic carbocycles. The molecule has 9 heteroatoms. The van der Waals surface area contributed by atoms with E-state index in [1.165, 1.54) is 12.1 Å². The summed E-state index contributed by atoms with van der Waals surface area (Å²) < 4.78 is 19.0. The minimum Gasteiger partial charge on any atom is -0.478 e. The van der Waals surface area contributed by atoms with Gasteiger partial charge in [0.25, 0.3) is 0 Å². The van der Waals surface area contributed by atoms with E-state index in [4.69, 9.17) is 16.3 Å². The summed E-state index contributed by atoms with van der Waals surface area (Å²) in [4.78, 5) is 20.5. The highest BCUT2D eigenvalue weighted by atomic mass is 35.5. The van der Waals surface area contributed by atoms with Crippen LogP contribution in [0.15, 0.2) is 54.2 Å². The third-order valence-electron chi connectivity index (χ3n) is 5.43. The van der Waals surface area contributed by atoms with Crippen LogP contribution in [0, 0.1) is 5.82 Å². The number of hydrogen-bond donors (Lipinski definition) is 3. The summed E-state index contributed by atoms with van der Waals surface area (Å²) in [6, 6.07) is 11.9. The van der Waals surface area contributed by atoms with E-state index in [-0.39, 0.29) is 11.1 Å². The highest BCUT2D eigenvalue weighted by Crippen LogP contribution is 2.30. The number of rotatable bonds is 8. The summed E-state index contributed by atoms with van der Waals surface area (Å²) in [7, 11) is 0. The highest BCUT2D eigenvalue weighted by molar-refractivity contribution is 6.31. The highest BCUT2D eigenvalue weighted by Gasteiger charge is 2.19. The third kappa shape index (κ3) is 5.70. The van der Waals surface area contributed by atoms with Crippen molar-refractivity contribution in [2.75, 3.05) is 23.8 Å². The van der Waals surface area contributed by atoms with Gasteiger partial charge in [-0.3, -0.25) is 0 Å². The number of anilines is 3. The van der Waals surface area contributed by atoms with Crippen molar-refractivity contribution in [3.8, 4) is 11.1 Å². The minimum absolute atomic E-state index is 0.000696. The van der Waals surface area contributed by atoms with E-state index in [0.717, 1.165) is 23.1 Å². The summed E-state index contributed by atoms with van der Waals surface area (Å²) in [6.45, 7) is 3.05. The van der Waals surface area contributed by atoms with Crippen LogP contribution in [0.3, 0.4) is 0 Å². The lowest BCUT2D eigenvalue weighted by Crippen LogP contribution is -2.20. The topological polar surface area (TPSA) is 96.4 Å². The summed E-state index contributed by atoms with van der Waals surface area (Å²) in [6.07, 6.45) is 4.63. The predicted octanol–water partition coefficient (Wildman–Crippen LogP) is 5.76. The number of ether oxygens (including phenoxy) is 1. The maximum Gasteiger partial charge on any atom is 0.331 e. The van der Waals surface area contributed by atoms with Crippen molar-refractivity contribution in [3.05, 3.63) is 70.6 Å². The van der Waals surface area contributed by atoms with Gasteiger partial charge in [0, 0.05) is 29.6 Å². The molecular formula is C25H24ClFN4O3. The van der Waals surface area contributed by atoms with Gasteiger partial charge in [-0.25, -0.2) is 14.2 Å². The van der Waals surface area contributed by atoms with Crippen LogP contribution in [0.25, 0.3) is 17.2 Å². The number of nitrogens with one attached hydrogen (secondary N) is 2. The zero-order chi connectivity index (χ0) is 24.1. The number of carbonyl (C=O) groups is 1. The van der Waals surface area contributed by atoms with Crippen LogP contribution in [0.1, 0.15) is 25.3 Å². The van der Waals surface area contributed by atoms with Gasteiger partial charge in [0.2, 0.25) is 5.95 Å². The maximum absolute atomic E-state index is 13.5. The number of nitrogens with zero attached hydrogens (tertiary/aromatic N) is 2. The second-order valence-corrected chi connectivity index (χ2v) is 8.28. The van der Waals surface area contributed by atoms with E-state index in [1.807, 2.05) is 31.2 Å². The zero-order valence-corrected chi connectivity index (χ0v) is 19.3. The number of aromatic nitrogens is 2. The van der Waals surface area contributed by atoms with Crippen LogP contribution >= 0.6 is 11.6 Å². The van der Waals surface area contributed by atoms with Crippen LogP contribution in [-0.4, -0.2) is 40.3 Å². The van der Waals surface area contributed by atoms with Gasteiger partial charge >= 0.3 is 5.97 Å². The fourth-order valence-electron chi connectivity index (χ4n) is 3.62. The van der Waals surface area contributed by atoms with Crippen LogP contribution in [0.2, 0.25) is 5.02 Å². The van der Waals surface area contributed by atoms with Gasteiger partial charge in [0.1, 0.15) is 11.6 Å². The molecule has 1 unspecified atom stereocenters. The number of hydrogen-bond acceptors (Lipinski definition) is 6. The maximum atomic E-state index is 13.5. The average Bonchev–Trinajstić information content (AvgIpc) is 3.33. The molecule has 1 aliphatic heterocycles. The first-order valence-electron chi connectivity index (χ1n) is 10.9. The van der Waals surface area contributed by atoms with Crippen molar-refractivity contribution in [1.82, 2.24) is 9.97 Å². The zero-order valence-electron chi connectivity index (χ0n) is 18.5. The SMILES string of the molecule is CCC(=Cc1cccc(-c2cnc(Nc3ccc(F)c(Cl)c3)nc2NC2CCOC2)c1)C(=O)O. The lowest BCUT2D eigenvalue weighted by molar-refractivity contribution is -0.132. The number of carboxylic acids is 1. The van der Waals surface area contributed by atoms with E-state index >= 15 is 0 Å². The smallest absolute Gasteiger partial charge is 0.331 e. The lowest BCUT2D eigenvalue weighted by Gasteiger charge is -2.17. The van der Waals surface area contributed by atoms with Gasteiger partial charge in [0.15, 0.2) is 0 Å². The molecule has 0 radical (unpaired) electrons. The Kier molecular flexibility index (Phi) is 7.40. The Balaban J connectivity index is 1.69. The minimum atomic E-state index is -0.934. The summed E-state index contributed by atoms with van der Waals surface area (Å²) in [5.74, 6) is -0.509. The molecule has 0 spiro atoms. The molecule has 1 aliphatic rings. The number of carboxylic acid groups (broad SMARTS) is 1. The second kappa shape index (κ2) is 10.6. The van der Waals surface area contributed by atoms with E-state index < -0.39 is 11.8 Å². The molecule has 1 aromatic heterocycles. The molecule has 0 saturated carbocycles. The Hall–Kier alpha value is -3.49. The quantitative estimate of drug-likeness (QED) is 0.351. The Morgan fingerprint density at radius 3 is 2.88 bits per heavy atom. The Morgan fingerprint density at radius 1 is 1.32 bits per heavy atom. The molecule has 4 rings (SSSR count).